The first-order valence-corrected chi connectivity index (χ1v) is 14.7. The number of phenolic OH excluding ortho intramolecular Hbond substituents is 1. The maximum absolute atomic E-state index is 13.9. The lowest BCUT2D eigenvalue weighted by molar-refractivity contribution is -0.148. The van der Waals surface area contributed by atoms with Crippen LogP contribution in [0.5, 0.6) is 5.75 Å². The first kappa shape index (κ1) is 34.2. The van der Waals surface area contributed by atoms with Gasteiger partial charge in [-0.25, -0.2) is 0 Å². The van der Waals surface area contributed by atoms with Crippen molar-refractivity contribution in [2.45, 2.75) is 29.3 Å². The average molecular weight is 750 g/mol. The second kappa shape index (κ2) is 12.2. The van der Waals surface area contributed by atoms with E-state index in [9.17, 15) is 39.6 Å². The van der Waals surface area contributed by atoms with Gasteiger partial charge in [-0.1, -0.05) is 34.1 Å². The zero-order valence-electron chi connectivity index (χ0n) is 24.9. The number of aliphatic hydroxyl groups is 3. The molecule has 2 aromatic rings. The van der Waals surface area contributed by atoms with Crippen LogP contribution in [0.4, 0.5) is 11.4 Å². The van der Waals surface area contributed by atoms with E-state index in [-0.39, 0.29) is 46.6 Å². The van der Waals surface area contributed by atoms with E-state index >= 15 is 0 Å². The molecule has 12 nitrogen and oxygen atoms in total. The normalized spacial score (nSPS) is 24.7. The van der Waals surface area contributed by atoms with Crippen molar-refractivity contribution in [2.75, 3.05) is 38.4 Å². The van der Waals surface area contributed by atoms with Crippen LogP contribution in [0.1, 0.15) is 32.7 Å². The zero-order chi connectivity index (χ0) is 32.4. The lowest BCUT2D eigenvalue weighted by Crippen LogP contribution is -2.63. The van der Waals surface area contributed by atoms with Gasteiger partial charge in [0.25, 0.3) is 5.91 Å². The van der Waals surface area contributed by atoms with Crippen LogP contribution in [-0.2, 0) is 20.8 Å². The van der Waals surface area contributed by atoms with E-state index in [1.54, 1.807) is 32.3 Å². The van der Waals surface area contributed by atoms with E-state index in [0.717, 1.165) is 5.69 Å². The third-order valence-corrected chi connectivity index (χ3v) is 9.73. The van der Waals surface area contributed by atoms with Gasteiger partial charge in [-0.3, -0.25) is 24.1 Å². The Balaban J connectivity index is 0.00000461. The van der Waals surface area contributed by atoms with Crippen molar-refractivity contribution >= 4 is 67.7 Å². The number of amides is 2. The van der Waals surface area contributed by atoms with Gasteiger partial charge in [0.1, 0.15) is 21.9 Å². The number of benzene rings is 2. The van der Waals surface area contributed by atoms with Crippen LogP contribution in [0.15, 0.2) is 59.1 Å². The van der Waals surface area contributed by atoms with Crippen molar-refractivity contribution in [1.82, 2.24) is 4.90 Å². The molecular formula is C31H34Br2N4O8. The molecule has 0 aromatic heterocycles. The molecule has 0 radical (unpaired) electrons. The fourth-order valence-electron chi connectivity index (χ4n) is 6.62. The molecule has 14 heteroatoms. The zero-order valence-corrected chi connectivity index (χ0v) is 28.2. The number of aliphatic hydroxyl groups excluding tert-OH is 2. The molecule has 5 atom stereocenters. The van der Waals surface area contributed by atoms with E-state index < -0.39 is 74.5 Å². The highest BCUT2D eigenvalue weighted by atomic mass is 79.9. The Bertz CT molecular complexity index is 1670. The molecule has 0 saturated heterocycles. The molecule has 3 aliphatic carbocycles. The summed E-state index contributed by atoms with van der Waals surface area (Å²) in [5.74, 6) is -7.84. The number of anilines is 2. The number of hydrogen-bond acceptors (Lipinski definition) is 10. The van der Waals surface area contributed by atoms with Gasteiger partial charge in [0.05, 0.1) is 17.3 Å². The highest BCUT2D eigenvalue weighted by Gasteiger charge is 2.63. The molecule has 0 fully saturated rings. The third kappa shape index (κ3) is 5.33. The maximum atomic E-state index is 13.9. The number of phenols is 1. The summed E-state index contributed by atoms with van der Waals surface area (Å²) >= 11 is 3.38. The number of rotatable bonds is 6. The standard InChI is InChI=1S/C31H33BrN4O8.BrH/c1-35(2)16-8-5-13(6-9-16)22(32)30(43)34-18-10-7-14-11-15-12-17-23(36(3)4)26(39)21(29(33)42)28(41)31(17,44)27(40)20(15)25(38)19(14)24(18)37;/h5-10,15,17,22-23,37,39-40,44H,11-12H2,1-4H3,(H2,33,42)(H,34,43);1H/t15?,17?,22?,23-,31-;/m0./s1. The van der Waals surface area contributed by atoms with Crippen molar-refractivity contribution in [3.63, 3.8) is 0 Å². The SMILES string of the molecule is Br.CN(C)c1ccc(C(Br)C(=O)Nc2ccc3c(c2O)C(=O)C2=C(O)[C@]4(O)C(=O)C(C(N)=O)=C(O)[C@@H](N(C)C)C4CC2C3)cc1. The molecule has 0 spiro atoms. The van der Waals surface area contributed by atoms with Gasteiger partial charge in [-0.2, -0.15) is 0 Å². The highest BCUT2D eigenvalue weighted by molar-refractivity contribution is 9.09. The quantitative estimate of drug-likeness (QED) is 0.145. The third-order valence-electron chi connectivity index (χ3n) is 8.79. The summed E-state index contributed by atoms with van der Waals surface area (Å²) < 4.78 is 0. The Labute approximate surface area is 278 Å². The molecule has 2 amide bonds. The fourth-order valence-corrected chi connectivity index (χ4v) is 7.03. The van der Waals surface area contributed by atoms with Crippen LogP contribution < -0.4 is 16.0 Å². The number of ketones is 2. The number of hydrogen-bond donors (Lipinski definition) is 6. The van der Waals surface area contributed by atoms with E-state index in [0.29, 0.717) is 11.1 Å². The number of nitrogens with one attached hydrogen (secondary N) is 1. The summed E-state index contributed by atoms with van der Waals surface area (Å²) in [6.07, 6.45) is 0.137. The monoisotopic (exact) mass is 748 g/mol. The Morgan fingerprint density at radius 3 is 2.22 bits per heavy atom. The average Bonchev–Trinajstić information content (AvgIpc) is 2.95. The number of aromatic hydroxyl groups is 1. The second-order valence-electron chi connectivity index (χ2n) is 11.8. The predicted molar refractivity (Wildman–Crippen MR) is 175 cm³/mol. The Morgan fingerprint density at radius 1 is 1.04 bits per heavy atom. The minimum absolute atomic E-state index is 0. The molecule has 5 rings (SSSR count). The van der Waals surface area contributed by atoms with Gasteiger partial charge < -0.3 is 36.4 Å². The maximum Gasteiger partial charge on any atom is 0.255 e. The lowest BCUT2D eigenvalue weighted by atomic mass is 9.58. The van der Waals surface area contributed by atoms with E-state index in [1.807, 2.05) is 31.1 Å². The van der Waals surface area contributed by atoms with Crippen LogP contribution >= 0.6 is 32.9 Å². The summed E-state index contributed by atoms with van der Waals surface area (Å²) in [5.41, 5.74) is 3.30. The number of primary amides is 1. The molecule has 240 valence electrons. The van der Waals surface area contributed by atoms with Gasteiger partial charge in [-0.05, 0) is 62.2 Å². The summed E-state index contributed by atoms with van der Waals surface area (Å²) in [6, 6.07) is 9.27. The smallest absolute Gasteiger partial charge is 0.255 e. The number of halogens is 2. The van der Waals surface area contributed by atoms with Crippen molar-refractivity contribution in [1.29, 1.82) is 0 Å². The number of carbonyl (C=O) groups is 4. The number of Topliss-reactive ketones (excluding diaryl/α,β-unsaturated/α-hetero) is 2. The van der Waals surface area contributed by atoms with Crippen molar-refractivity contribution < 1.29 is 39.6 Å². The van der Waals surface area contributed by atoms with E-state index in [2.05, 4.69) is 21.2 Å². The van der Waals surface area contributed by atoms with Gasteiger partial charge >= 0.3 is 0 Å². The number of likely N-dealkylation sites (N-methyl/N-ethyl adjacent to an activating group) is 1. The first-order chi connectivity index (χ1) is 20.6. The van der Waals surface area contributed by atoms with Crippen molar-refractivity contribution in [3.05, 3.63) is 75.8 Å². The van der Waals surface area contributed by atoms with E-state index in [4.69, 9.17) is 5.73 Å². The number of carbonyl (C=O) groups excluding carboxylic acids is 4. The number of allylic oxidation sites excluding steroid dienone is 1. The first-order valence-electron chi connectivity index (χ1n) is 13.8. The number of fused-ring (bicyclic) bond motifs is 3. The Hall–Kier alpha value is -3.72. The van der Waals surface area contributed by atoms with Gasteiger partial charge in [0.2, 0.25) is 11.7 Å². The second-order valence-corrected chi connectivity index (χ2v) is 12.7. The van der Waals surface area contributed by atoms with Gasteiger partial charge in [-0.15, -0.1) is 17.0 Å². The van der Waals surface area contributed by atoms with Crippen LogP contribution in [0.2, 0.25) is 0 Å². The number of nitrogens with two attached hydrogens (primary N) is 1. The highest BCUT2D eigenvalue weighted by Crippen LogP contribution is 2.52. The molecule has 2 aromatic carbocycles. The molecule has 3 unspecified atom stereocenters. The largest absolute Gasteiger partial charge is 0.510 e. The molecule has 0 bridgehead atoms. The lowest BCUT2D eigenvalue weighted by Gasteiger charge is -2.50. The Morgan fingerprint density at radius 2 is 1.67 bits per heavy atom. The molecule has 3 aliphatic rings. The molecule has 45 heavy (non-hydrogen) atoms. The molecule has 7 N–H and O–H groups in total. The van der Waals surface area contributed by atoms with E-state index in [1.165, 1.54) is 11.0 Å². The Kier molecular flexibility index (Phi) is 9.29. The summed E-state index contributed by atoms with van der Waals surface area (Å²) in [7, 11) is 6.92. The molecular weight excluding hydrogens is 716 g/mol. The van der Waals surface area contributed by atoms with Crippen molar-refractivity contribution in [2.24, 2.45) is 17.6 Å². The minimum Gasteiger partial charge on any atom is -0.510 e. The van der Waals surface area contributed by atoms with Crippen molar-refractivity contribution in [3.8, 4) is 5.75 Å². The topological polar surface area (TPSA) is 194 Å². The van der Waals surface area contributed by atoms with Gasteiger partial charge in [0.15, 0.2) is 17.1 Å². The summed E-state index contributed by atoms with van der Waals surface area (Å²) in [4.78, 5) is 55.2. The van der Waals surface area contributed by atoms with Crippen LogP contribution in [0.3, 0.4) is 0 Å². The molecule has 0 aliphatic heterocycles. The van der Waals surface area contributed by atoms with Crippen LogP contribution in [0.25, 0.3) is 0 Å². The van der Waals surface area contributed by atoms with Crippen LogP contribution in [-0.4, -0.2) is 88.5 Å². The number of alkyl halides is 1. The molecule has 0 heterocycles. The summed E-state index contributed by atoms with van der Waals surface area (Å²) in [5, 5.41) is 47.8. The minimum atomic E-state index is -2.72. The fraction of sp³-hybridized carbons (Fsp3) is 0.355. The summed E-state index contributed by atoms with van der Waals surface area (Å²) in [6.45, 7) is 0. The number of nitrogens with zero attached hydrogens (tertiary/aromatic N) is 2. The van der Waals surface area contributed by atoms with Crippen LogP contribution in [0, 0.1) is 11.8 Å². The predicted octanol–water partition coefficient (Wildman–Crippen LogP) is 2.84. The molecule has 0 saturated carbocycles. The van der Waals surface area contributed by atoms with Gasteiger partial charge in [0, 0.05) is 31.3 Å².